The average molecular weight is 451 g/mol. The summed E-state index contributed by atoms with van der Waals surface area (Å²) in [5, 5.41) is 0. The maximum atomic E-state index is 12.7. The average Bonchev–Trinajstić information content (AvgIpc) is 2.53. The Morgan fingerprint density at radius 1 is 1.17 bits per heavy atom. The molecule has 0 atom stereocenters. The van der Waals surface area contributed by atoms with Gasteiger partial charge in [-0.1, -0.05) is 0 Å². The Hall–Kier alpha value is -1.39. The van der Waals surface area contributed by atoms with Crippen LogP contribution in [0.3, 0.4) is 0 Å². The molecule has 0 radical (unpaired) electrons. The van der Waals surface area contributed by atoms with E-state index in [0.717, 1.165) is 0 Å². The minimum atomic E-state index is -3.62. The Morgan fingerprint density at radius 3 is 2.48 bits per heavy atom. The molecule has 8 heteroatoms. The predicted octanol–water partition coefficient (Wildman–Crippen LogP) is 2.80. The van der Waals surface area contributed by atoms with Crippen molar-refractivity contribution in [1.29, 1.82) is 0 Å². The molecule has 2 aromatic rings. The fourth-order valence-electron chi connectivity index (χ4n) is 1.77. The van der Waals surface area contributed by atoms with Crippen LogP contribution in [-0.4, -0.2) is 28.7 Å². The van der Waals surface area contributed by atoms with Crippen molar-refractivity contribution in [1.82, 2.24) is 4.72 Å². The zero-order chi connectivity index (χ0) is 16.9. The number of ether oxygens (including phenoxy) is 2. The third kappa shape index (κ3) is 5.05. The summed E-state index contributed by atoms with van der Waals surface area (Å²) in [7, 11) is -2.09. The molecule has 0 aromatic heterocycles. The summed E-state index contributed by atoms with van der Waals surface area (Å²) in [5.41, 5.74) is 0. The van der Waals surface area contributed by atoms with Gasteiger partial charge in [-0.2, -0.15) is 0 Å². The van der Waals surface area contributed by atoms with E-state index < -0.39 is 10.0 Å². The second-order valence-corrected chi connectivity index (χ2v) is 7.43. The second-order valence-electron chi connectivity index (χ2n) is 4.50. The van der Waals surface area contributed by atoms with Gasteiger partial charge in [0.2, 0.25) is 10.0 Å². The summed E-state index contributed by atoms with van der Waals surface area (Å²) < 4.78 is 50.7. The zero-order valence-corrected chi connectivity index (χ0v) is 15.2. The van der Waals surface area contributed by atoms with E-state index in [1.54, 1.807) is 6.07 Å². The minimum Gasteiger partial charge on any atom is -0.496 e. The predicted molar refractivity (Wildman–Crippen MR) is 92.8 cm³/mol. The first-order chi connectivity index (χ1) is 10.9. The van der Waals surface area contributed by atoms with Gasteiger partial charge < -0.3 is 9.47 Å². The molecule has 23 heavy (non-hydrogen) atoms. The summed E-state index contributed by atoms with van der Waals surface area (Å²) in [5.74, 6) is 0.737. The van der Waals surface area contributed by atoms with Gasteiger partial charge in [0.15, 0.2) is 0 Å². The number of halogens is 2. The van der Waals surface area contributed by atoms with Gasteiger partial charge >= 0.3 is 0 Å². The van der Waals surface area contributed by atoms with E-state index in [2.05, 4.69) is 4.72 Å². The molecule has 1 N–H and O–H groups in total. The van der Waals surface area contributed by atoms with Crippen LogP contribution in [0.4, 0.5) is 4.39 Å². The van der Waals surface area contributed by atoms with Crippen molar-refractivity contribution in [3.05, 3.63) is 51.9 Å². The van der Waals surface area contributed by atoms with E-state index in [9.17, 15) is 12.8 Å². The van der Waals surface area contributed by atoms with E-state index in [-0.39, 0.29) is 23.9 Å². The number of hydrogen-bond donors (Lipinski definition) is 1. The van der Waals surface area contributed by atoms with Crippen molar-refractivity contribution in [2.75, 3.05) is 20.3 Å². The maximum Gasteiger partial charge on any atom is 0.240 e. The smallest absolute Gasteiger partial charge is 0.240 e. The van der Waals surface area contributed by atoms with Crippen LogP contribution >= 0.6 is 22.6 Å². The highest BCUT2D eigenvalue weighted by atomic mass is 127. The second kappa shape index (κ2) is 7.93. The normalized spacial score (nSPS) is 11.3. The van der Waals surface area contributed by atoms with Gasteiger partial charge in [-0.25, -0.2) is 17.5 Å². The fourth-order valence-corrected chi connectivity index (χ4v) is 3.76. The van der Waals surface area contributed by atoms with Crippen molar-refractivity contribution < 1.29 is 22.3 Å². The van der Waals surface area contributed by atoms with Gasteiger partial charge in [0.05, 0.1) is 15.6 Å². The minimum absolute atomic E-state index is 0.0995. The number of rotatable bonds is 7. The van der Waals surface area contributed by atoms with Crippen LogP contribution in [0.25, 0.3) is 0 Å². The van der Waals surface area contributed by atoms with E-state index in [1.165, 1.54) is 43.5 Å². The Kier molecular flexibility index (Phi) is 6.19. The third-order valence-electron chi connectivity index (χ3n) is 2.91. The summed E-state index contributed by atoms with van der Waals surface area (Å²) >= 11 is 2.01. The lowest BCUT2D eigenvalue weighted by Crippen LogP contribution is -2.28. The monoisotopic (exact) mass is 451 g/mol. The lowest BCUT2D eigenvalue weighted by atomic mass is 10.3. The van der Waals surface area contributed by atoms with Gasteiger partial charge in [-0.05, 0) is 65.1 Å². The SMILES string of the molecule is COc1ccc(S(=O)(=O)NCCOc2ccc(F)cc2)cc1I. The molecule has 124 valence electrons. The number of methoxy groups -OCH3 is 1. The molecule has 2 aromatic carbocycles. The molecule has 0 saturated carbocycles. The molecule has 0 aliphatic carbocycles. The number of nitrogens with one attached hydrogen (secondary N) is 1. The van der Waals surface area contributed by atoms with Crippen LogP contribution in [0.2, 0.25) is 0 Å². The largest absolute Gasteiger partial charge is 0.496 e. The van der Waals surface area contributed by atoms with Crippen LogP contribution < -0.4 is 14.2 Å². The van der Waals surface area contributed by atoms with E-state index in [4.69, 9.17) is 9.47 Å². The van der Waals surface area contributed by atoms with Crippen LogP contribution in [0.5, 0.6) is 11.5 Å². The molecule has 0 saturated heterocycles. The van der Waals surface area contributed by atoms with E-state index >= 15 is 0 Å². The van der Waals surface area contributed by atoms with Gasteiger partial charge in [0.25, 0.3) is 0 Å². The van der Waals surface area contributed by atoms with Gasteiger partial charge in [-0.15, -0.1) is 0 Å². The topological polar surface area (TPSA) is 64.6 Å². The van der Waals surface area contributed by atoms with Crippen molar-refractivity contribution in [2.45, 2.75) is 4.90 Å². The molecule has 0 bridgehead atoms. The quantitative estimate of drug-likeness (QED) is 0.520. The third-order valence-corrected chi connectivity index (χ3v) is 5.21. The summed E-state index contributed by atoms with van der Waals surface area (Å²) in [4.78, 5) is 0.157. The molecule has 0 amide bonds. The van der Waals surface area contributed by atoms with E-state index in [1.807, 2.05) is 22.6 Å². The van der Waals surface area contributed by atoms with Gasteiger partial charge in [-0.3, -0.25) is 0 Å². The van der Waals surface area contributed by atoms with Crippen LogP contribution in [-0.2, 0) is 10.0 Å². The number of sulfonamides is 1. The lowest BCUT2D eigenvalue weighted by Gasteiger charge is -2.10. The van der Waals surface area contributed by atoms with E-state index in [0.29, 0.717) is 15.1 Å². The number of benzene rings is 2. The number of hydrogen-bond acceptors (Lipinski definition) is 4. The lowest BCUT2D eigenvalue weighted by molar-refractivity contribution is 0.322. The highest BCUT2D eigenvalue weighted by molar-refractivity contribution is 14.1. The first-order valence-corrected chi connectivity index (χ1v) is 9.20. The molecule has 0 aliphatic heterocycles. The zero-order valence-electron chi connectivity index (χ0n) is 12.3. The Morgan fingerprint density at radius 2 is 1.87 bits per heavy atom. The standard InChI is InChI=1S/C15H15FINO4S/c1-21-15-7-6-13(10-14(15)17)23(19,20)18-8-9-22-12-4-2-11(16)3-5-12/h2-7,10,18H,8-9H2,1H3. The molecule has 5 nitrogen and oxygen atoms in total. The van der Waals surface area contributed by atoms with Gasteiger partial charge in [0.1, 0.15) is 23.9 Å². The molecule has 0 aliphatic rings. The summed E-state index contributed by atoms with van der Waals surface area (Å²) in [6, 6.07) is 10.1. The van der Waals surface area contributed by atoms with Crippen molar-refractivity contribution in [3.63, 3.8) is 0 Å². The van der Waals surface area contributed by atoms with Crippen molar-refractivity contribution in [3.8, 4) is 11.5 Å². The first-order valence-electron chi connectivity index (χ1n) is 6.64. The van der Waals surface area contributed by atoms with Crippen molar-refractivity contribution in [2.24, 2.45) is 0 Å². The highest BCUT2D eigenvalue weighted by Crippen LogP contribution is 2.23. The van der Waals surface area contributed by atoms with Crippen LogP contribution in [0.15, 0.2) is 47.4 Å². The summed E-state index contributed by atoms with van der Waals surface area (Å²) in [6.07, 6.45) is 0. The molecule has 0 heterocycles. The van der Waals surface area contributed by atoms with Crippen LogP contribution in [0, 0.1) is 9.39 Å². The molecular weight excluding hydrogens is 436 g/mol. The first kappa shape index (κ1) is 18.0. The molecule has 0 spiro atoms. The fraction of sp³-hybridized carbons (Fsp3) is 0.200. The molecular formula is C15H15FINO4S. The summed E-state index contributed by atoms with van der Waals surface area (Å²) in [6.45, 7) is 0.237. The maximum absolute atomic E-state index is 12.7. The molecule has 0 fully saturated rings. The van der Waals surface area contributed by atoms with Crippen molar-refractivity contribution >= 4 is 32.6 Å². The highest BCUT2D eigenvalue weighted by Gasteiger charge is 2.15. The Labute approximate surface area is 148 Å². The van der Waals surface area contributed by atoms with Gasteiger partial charge in [0, 0.05) is 6.54 Å². The Balaban J connectivity index is 1.91. The van der Waals surface area contributed by atoms with Crippen LogP contribution in [0.1, 0.15) is 0 Å². The molecule has 0 unspecified atom stereocenters. The molecule has 2 rings (SSSR count). The Bertz CT molecular complexity index is 766.